The lowest BCUT2D eigenvalue weighted by Gasteiger charge is -2.25. The predicted molar refractivity (Wildman–Crippen MR) is 32.8 cm³/mol. The van der Waals surface area contributed by atoms with Crippen LogP contribution in [0.25, 0.3) is 0 Å². The summed E-state index contributed by atoms with van der Waals surface area (Å²) in [7, 11) is 0. The monoisotopic (exact) mass is 127 g/mol. The molecule has 9 heavy (non-hydrogen) atoms. The minimum Gasteiger partial charge on any atom is -0.373 e. The molecule has 0 amide bonds. The van der Waals surface area contributed by atoms with Crippen molar-refractivity contribution in [1.29, 1.82) is 0 Å². The van der Waals surface area contributed by atoms with Gasteiger partial charge in [0.2, 0.25) is 0 Å². The number of fused-ring (bicyclic) bond motifs is 1. The Morgan fingerprint density at radius 3 is 3.00 bits per heavy atom. The molecule has 1 saturated carbocycles. The highest BCUT2D eigenvalue weighted by molar-refractivity contribution is 4.83. The normalized spacial score (nSPS) is 42.7. The fourth-order valence-electron chi connectivity index (χ4n) is 1.56. The molecule has 1 saturated heterocycles. The van der Waals surface area contributed by atoms with Crippen LogP contribution in [0.3, 0.4) is 0 Å². The van der Waals surface area contributed by atoms with E-state index in [2.05, 4.69) is 0 Å². The molecule has 2 atom stereocenters. The van der Waals surface area contributed by atoms with Crippen LogP contribution in [0.1, 0.15) is 19.3 Å². The van der Waals surface area contributed by atoms with Crippen molar-refractivity contribution in [2.45, 2.75) is 31.5 Å². The summed E-state index contributed by atoms with van der Waals surface area (Å²) in [6, 6.07) is 0. The van der Waals surface area contributed by atoms with Crippen LogP contribution in [0, 0.1) is 6.61 Å². The van der Waals surface area contributed by atoms with Crippen molar-refractivity contribution >= 4 is 0 Å². The SMILES string of the molecule is [CH]1COC2CCCC2O1. The Balaban J connectivity index is 1.97. The van der Waals surface area contributed by atoms with E-state index in [0.717, 1.165) is 0 Å². The summed E-state index contributed by atoms with van der Waals surface area (Å²) in [4.78, 5) is 0. The summed E-state index contributed by atoms with van der Waals surface area (Å²) in [5, 5.41) is 0. The van der Waals surface area contributed by atoms with E-state index in [1.807, 2.05) is 0 Å². The summed E-state index contributed by atoms with van der Waals surface area (Å²) in [6.45, 7) is 2.45. The minimum atomic E-state index is 0.388. The Hall–Kier alpha value is -0.0800. The largest absolute Gasteiger partial charge is 0.373 e. The van der Waals surface area contributed by atoms with E-state index in [9.17, 15) is 0 Å². The van der Waals surface area contributed by atoms with Crippen molar-refractivity contribution in [3.63, 3.8) is 0 Å². The maximum absolute atomic E-state index is 5.42. The van der Waals surface area contributed by atoms with E-state index in [1.165, 1.54) is 19.3 Å². The van der Waals surface area contributed by atoms with Gasteiger partial charge in [-0.2, -0.15) is 0 Å². The van der Waals surface area contributed by atoms with Crippen molar-refractivity contribution in [3.8, 4) is 0 Å². The Morgan fingerprint density at radius 2 is 2.11 bits per heavy atom. The number of hydrogen-bond acceptors (Lipinski definition) is 2. The molecule has 2 aliphatic rings. The second kappa shape index (κ2) is 2.27. The highest BCUT2D eigenvalue weighted by Gasteiger charge is 2.31. The molecular formula is C7H11O2. The zero-order chi connectivity index (χ0) is 6.10. The van der Waals surface area contributed by atoms with E-state index >= 15 is 0 Å². The zero-order valence-corrected chi connectivity index (χ0v) is 5.38. The molecule has 0 spiro atoms. The summed E-state index contributed by atoms with van der Waals surface area (Å²) in [6.07, 6.45) is 4.44. The van der Waals surface area contributed by atoms with Crippen LogP contribution < -0.4 is 0 Å². The van der Waals surface area contributed by atoms with Gasteiger partial charge >= 0.3 is 0 Å². The number of hydrogen-bond donors (Lipinski definition) is 0. The van der Waals surface area contributed by atoms with E-state index in [1.54, 1.807) is 6.61 Å². The van der Waals surface area contributed by atoms with Gasteiger partial charge in [0.25, 0.3) is 0 Å². The van der Waals surface area contributed by atoms with Crippen molar-refractivity contribution in [2.75, 3.05) is 6.61 Å². The van der Waals surface area contributed by atoms with Gasteiger partial charge < -0.3 is 9.47 Å². The first kappa shape index (κ1) is 5.69. The van der Waals surface area contributed by atoms with Crippen LogP contribution in [0.4, 0.5) is 0 Å². The molecule has 0 bridgehead atoms. The third-order valence-corrected chi connectivity index (χ3v) is 2.04. The maximum atomic E-state index is 5.42. The second-order valence-corrected chi connectivity index (χ2v) is 2.64. The summed E-state index contributed by atoms with van der Waals surface area (Å²) in [5.74, 6) is 0. The van der Waals surface area contributed by atoms with Crippen LogP contribution in [-0.2, 0) is 9.47 Å². The smallest absolute Gasteiger partial charge is 0.110 e. The van der Waals surface area contributed by atoms with Crippen LogP contribution in [0.2, 0.25) is 0 Å². The Bertz CT molecular complexity index is 91.1. The zero-order valence-electron chi connectivity index (χ0n) is 5.38. The molecule has 0 aromatic rings. The van der Waals surface area contributed by atoms with Crippen LogP contribution >= 0.6 is 0 Å². The fourth-order valence-corrected chi connectivity index (χ4v) is 1.56. The summed E-state index contributed by atoms with van der Waals surface area (Å²) >= 11 is 0. The highest BCUT2D eigenvalue weighted by atomic mass is 16.6. The summed E-state index contributed by atoms with van der Waals surface area (Å²) < 4.78 is 10.8. The second-order valence-electron chi connectivity index (χ2n) is 2.64. The van der Waals surface area contributed by atoms with E-state index in [-0.39, 0.29) is 0 Å². The molecule has 0 aromatic carbocycles. The van der Waals surface area contributed by atoms with Gasteiger partial charge in [0, 0.05) is 0 Å². The average Bonchev–Trinajstić information content (AvgIpc) is 2.33. The average molecular weight is 127 g/mol. The van der Waals surface area contributed by atoms with Crippen LogP contribution in [-0.4, -0.2) is 18.8 Å². The molecular weight excluding hydrogens is 116 g/mol. The molecule has 2 heteroatoms. The van der Waals surface area contributed by atoms with Gasteiger partial charge in [-0.05, 0) is 19.3 Å². The Kier molecular flexibility index (Phi) is 1.44. The van der Waals surface area contributed by atoms with Gasteiger partial charge in [-0.15, -0.1) is 0 Å². The molecule has 2 unspecified atom stereocenters. The molecule has 2 rings (SSSR count). The molecule has 0 aromatic heterocycles. The van der Waals surface area contributed by atoms with Crippen LogP contribution in [0.5, 0.6) is 0 Å². The molecule has 1 radical (unpaired) electrons. The Labute approximate surface area is 55.1 Å². The van der Waals surface area contributed by atoms with Crippen molar-refractivity contribution in [1.82, 2.24) is 0 Å². The molecule has 51 valence electrons. The standard InChI is InChI=1S/C7H11O2/c1-2-6-7(3-1)9-5-4-8-6/h4,6-7H,1-3,5H2. The fraction of sp³-hybridized carbons (Fsp3) is 0.857. The quantitative estimate of drug-likeness (QED) is 0.485. The number of rotatable bonds is 0. The molecule has 0 N–H and O–H groups in total. The van der Waals surface area contributed by atoms with Gasteiger partial charge in [-0.1, -0.05) is 0 Å². The first-order chi connectivity index (χ1) is 4.47. The molecule has 2 nitrogen and oxygen atoms in total. The van der Waals surface area contributed by atoms with Gasteiger partial charge in [-0.3, -0.25) is 0 Å². The van der Waals surface area contributed by atoms with Crippen molar-refractivity contribution in [3.05, 3.63) is 6.61 Å². The first-order valence-electron chi connectivity index (χ1n) is 3.55. The van der Waals surface area contributed by atoms with Gasteiger partial charge in [0.15, 0.2) is 0 Å². The summed E-state index contributed by atoms with van der Waals surface area (Å²) in [5.41, 5.74) is 0. The van der Waals surface area contributed by atoms with Crippen molar-refractivity contribution < 1.29 is 9.47 Å². The van der Waals surface area contributed by atoms with Gasteiger partial charge in [-0.25, -0.2) is 0 Å². The molecule has 1 aliphatic heterocycles. The highest BCUT2D eigenvalue weighted by Crippen LogP contribution is 2.28. The number of ether oxygens (including phenoxy) is 2. The van der Waals surface area contributed by atoms with Crippen LogP contribution in [0.15, 0.2) is 0 Å². The van der Waals surface area contributed by atoms with Crippen molar-refractivity contribution in [2.24, 2.45) is 0 Å². The molecule has 1 aliphatic carbocycles. The minimum absolute atomic E-state index is 0.388. The predicted octanol–water partition coefficient (Wildman–Crippen LogP) is 1.12. The first-order valence-corrected chi connectivity index (χ1v) is 3.55. The third kappa shape index (κ3) is 0.970. The maximum Gasteiger partial charge on any atom is 0.110 e. The molecule has 1 heterocycles. The lowest BCUT2D eigenvalue weighted by Crippen LogP contribution is -2.31. The topological polar surface area (TPSA) is 18.5 Å². The Morgan fingerprint density at radius 1 is 1.22 bits per heavy atom. The lowest BCUT2D eigenvalue weighted by molar-refractivity contribution is -0.0921. The molecule has 2 fully saturated rings. The van der Waals surface area contributed by atoms with E-state index in [0.29, 0.717) is 18.8 Å². The van der Waals surface area contributed by atoms with Gasteiger partial charge in [0.1, 0.15) is 6.61 Å². The van der Waals surface area contributed by atoms with Gasteiger partial charge in [0.05, 0.1) is 18.8 Å². The van der Waals surface area contributed by atoms with E-state index < -0.39 is 0 Å². The van der Waals surface area contributed by atoms with E-state index in [4.69, 9.17) is 9.47 Å². The third-order valence-electron chi connectivity index (χ3n) is 2.04. The lowest BCUT2D eigenvalue weighted by atomic mass is 10.2.